The summed E-state index contributed by atoms with van der Waals surface area (Å²) in [7, 11) is 1.30. The maximum Gasteiger partial charge on any atom is 0.319 e. The highest BCUT2D eigenvalue weighted by molar-refractivity contribution is 5.85. The molecule has 3 rings (SSSR count). The molecule has 2 aliphatic heterocycles. The smallest absolute Gasteiger partial charge is 0.319 e. The summed E-state index contributed by atoms with van der Waals surface area (Å²) in [5, 5.41) is 5.42. The van der Waals surface area contributed by atoms with Gasteiger partial charge in [-0.1, -0.05) is 12.1 Å². The Morgan fingerprint density at radius 1 is 1.32 bits per heavy atom. The van der Waals surface area contributed by atoms with E-state index in [1.54, 1.807) is 18.3 Å². The zero-order valence-electron chi connectivity index (χ0n) is 13.8. The van der Waals surface area contributed by atoms with Crippen molar-refractivity contribution in [3.05, 3.63) is 47.5 Å². The van der Waals surface area contributed by atoms with Crippen molar-refractivity contribution in [3.8, 4) is 0 Å². The number of carbonyl (C=O) groups excluding carboxylic acids is 2. The van der Waals surface area contributed by atoms with E-state index in [0.717, 1.165) is 0 Å². The molecule has 2 N–H and O–H groups in total. The van der Waals surface area contributed by atoms with Gasteiger partial charge < -0.3 is 25.0 Å². The fourth-order valence-electron chi connectivity index (χ4n) is 3.00. The summed E-state index contributed by atoms with van der Waals surface area (Å²) in [6.07, 6.45) is 1.76. The van der Waals surface area contributed by atoms with Crippen LogP contribution < -0.4 is 10.6 Å². The fourth-order valence-corrected chi connectivity index (χ4v) is 3.00. The molecule has 0 spiro atoms. The van der Waals surface area contributed by atoms with Gasteiger partial charge in [0.1, 0.15) is 11.7 Å². The van der Waals surface area contributed by atoms with Gasteiger partial charge in [-0.2, -0.15) is 0 Å². The maximum atomic E-state index is 13.2. The van der Waals surface area contributed by atoms with Crippen LogP contribution in [0.15, 0.2) is 36.2 Å². The number of benzene rings is 1. The van der Waals surface area contributed by atoms with E-state index < -0.39 is 24.0 Å². The van der Waals surface area contributed by atoms with Crippen molar-refractivity contribution in [1.29, 1.82) is 0 Å². The summed E-state index contributed by atoms with van der Waals surface area (Å²) in [5.41, 5.74) is 1.08. The van der Waals surface area contributed by atoms with Gasteiger partial charge in [0.25, 0.3) is 0 Å². The molecule has 2 amide bonds. The first-order valence-electron chi connectivity index (χ1n) is 8.03. The Labute approximate surface area is 144 Å². The number of esters is 1. The number of nitrogens with one attached hydrogen (secondary N) is 2. The molecular formula is C17H20FN3O4. The van der Waals surface area contributed by atoms with Gasteiger partial charge in [0.2, 0.25) is 0 Å². The number of urea groups is 1. The lowest BCUT2D eigenvalue weighted by atomic mass is 9.88. The Morgan fingerprint density at radius 2 is 2.00 bits per heavy atom. The van der Waals surface area contributed by atoms with Crippen molar-refractivity contribution in [2.75, 3.05) is 33.4 Å². The molecule has 1 aromatic carbocycles. The van der Waals surface area contributed by atoms with Crippen molar-refractivity contribution in [2.45, 2.75) is 6.04 Å². The molecule has 8 heteroatoms. The third-order valence-electron chi connectivity index (χ3n) is 4.26. The van der Waals surface area contributed by atoms with Crippen LogP contribution in [0.1, 0.15) is 11.6 Å². The molecule has 0 radical (unpaired) electrons. The monoisotopic (exact) mass is 349 g/mol. The Morgan fingerprint density at radius 3 is 2.64 bits per heavy atom. The van der Waals surface area contributed by atoms with E-state index in [4.69, 9.17) is 9.47 Å². The highest BCUT2D eigenvalue weighted by Gasteiger charge is 2.39. The van der Waals surface area contributed by atoms with Crippen LogP contribution in [-0.4, -0.2) is 50.3 Å². The average molecular weight is 349 g/mol. The third-order valence-corrected chi connectivity index (χ3v) is 4.26. The van der Waals surface area contributed by atoms with E-state index in [1.807, 2.05) is 4.90 Å². The predicted octanol–water partition coefficient (Wildman–Crippen LogP) is 1.14. The molecule has 0 aliphatic carbocycles. The number of rotatable bonds is 3. The maximum absolute atomic E-state index is 13.2. The van der Waals surface area contributed by atoms with Gasteiger partial charge in [0, 0.05) is 19.3 Å². The van der Waals surface area contributed by atoms with E-state index in [0.29, 0.717) is 37.6 Å². The molecule has 2 heterocycles. The highest BCUT2D eigenvalue weighted by Crippen LogP contribution is 2.31. The Balaban J connectivity index is 1.95. The molecule has 0 saturated carbocycles. The minimum atomic E-state index is -0.754. The normalized spacial score (nSPS) is 25.3. The van der Waals surface area contributed by atoms with Gasteiger partial charge in [-0.3, -0.25) is 4.79 Å². The van der Waals surface area contributed by atoms with Crippen molar-refractivity contribution in [2.24, 2.45) is 5.92 Å². The second-order valence-electron chi connectivity index (χ2n) is 5.86. The van der Waals surface area contributed by atoms with Crippen LogP contribution in [0.2, 0.25) is 0 Å². The first kappa shape index (κ1) is 17.2. The SMILES string of the molecule is COC(=O)[C@@H]1/C(=C\N2CCOCC2)NC(=O)N[C@H]1c1ccc(F)cc1. The average Bonchev–Trinajstić information content (AvgIpc) is 2.62. The van der Waals surface area contributed by atoms with Gasteiger partial charge in [0.05, 0.1) is 32.1 Å². The molecule has 2 aliphatic rings. The topological polar surface area (TPSA) is 79.9 Å². The van der Waals surface area contributed by atoms with Crippen LogP contribution in [0, 0.1) is 11.7 Å². The lowest BCUT2D eigenvalue weighted by Crippen LogP contribution is -2.52. The van der Waals surface area contributed by atoms with E-state index in [9.17, 15) is 14.0 Å². The fraction of sp³-hybridized carbons (Fsp3) is 0.412. The number of nitrogens with zero attached hydrogens (tertiary/aromatic N) is 1. The van der Waals surface area contributed by atoms with Crippen molar-refractivity contribution < 1.29 is 23.5 Å². The van der Waals surface area contributed by atoms with Crippen molar-refractivity contribution in [3.63, 3.8) is 0 Å². The van der Waals surface area contributed by atoms with Gasteiger partial charge >= 0.3 is 12.0 Å². The zero-order chi connectivity index (χ0) is 17.8. The van der Waals surface area contributed by atoms with Gasteiger partial charge in [-0.05, 0) is 17.7 Å². The molecule has 134 valence electrons. The van der Waals surface area contributed by atoms with Crippen molar-refractivity contribution >= 4 is 12.0 Å². The minimum absolute atomic E-state index is 0.386. The molecule has 1 aromatic rings. The lowest BCUT2D eigenvalue weighted by molar-refractivity contribution is -0.145. The summed E-state index contributed by atoms with van der Waals surface area (Å²) in [6, 6.07) is 4.62. The molecule has 7 nitrogen and oxygen atoms in total. The number of carbonyl (C=O) groups is 2. The summed E-state index contributed by atoms with van der Waals surface area (Å²) >= 11 is 0. The summed E-state index contributed by atoms with van der Waals surface area (Å²) in [4.78, 5) is 26.5. The number of methoxy groups -OCH3 is 1. The second-order valence-corrected chi connectivity index (χ2v) is 5.86. The number of halogens is 1. The highest BCUT2D eigenvalue weighted by atomic mass is 19.1. The summed E-state index contributed by atoms with van der Waals surface area (Å²) < 4.78 is 23.5. The van der Waals surface area contributed by atoms with Crippen LogP contribution in [0.4, 0.5) is 9.18 Å². The van der Waals surface area contributed by atoms with Crippen LogP contribution in [-0.2, 0) is 14.3 Å². The van der Waals surface area contributed by atoms with Gasteiger partial charge in [0.15, 0.2) is 0 Å². The Bertz CT molecular complexity index is 671. The summed E-state index contributed by atoms with van der Waals surface area (Å²) in [5.74, 6) is -1.62. The molecule has 2 fully saturated rings. The number of hydrogen-bond acceptors (Lipinski definition) is 5. The van der Waals surface area contributed by atoms with E-state index in [1.165, 1.54) is 19.2 Å². The van der Waals surface area contributed by atoms with Crippen LogP contribution in [0.5, 0.6) is 0 Å². The quantitative estimate of drug-likeness (QED) is 0.800. The van der Waals surface area contributed by atoms with E-state index in [-0.39, 0.29) is 5.82 Å². The standard InChI is InChI=1S/C17H20FN3O4/c1-24-16(22)14-13(10-21-6-8-25-9-7-21)19-17(23)20-15(14)11-2-4-12(18)5-3-11/h2-5,10,14-15H,6-9H2,1H3,(H2,19,20,23)/b13-10+/t14-,15+/m1/s1. The minimum Gasteiger partial charge on any atom is -0.468 e. The Kier molecular flexibility index (Phi) is 5.18. The third kappa shape index (κ3) is 3.90. The molecule has 2 saturated heterocycles. The van der Waals surface area contributed by atoms with Gasteiger partial charge in [-0.15, -0.1) is 0 Å². The van der Waals surface area contributed by atoms with E-state index in [2.05, 4.69) is 10.6 Å². The van der Waals surface area contributed by atoms with Crippen LogP contribution >= 0.6 is 0 Å². The predicted molar refractivity (Wildman–Crippen MR) is 86.8 cm³/mol. The zero-order valence-corrected chi connectivity index (χ0v) is 13.8. The molecule has 2 atom stereocenters. The first-order valence-corrected chi connectivity index (χ1v) is 8.03. The molecule has 0 bridgehead atoms. The molecule has 25 heavy (non-hydrogen) atoms. The molecule has 0 unspecified atom stereocenters. The van der Waals surface area contributed by atoms with E-state index >= 15 is 0 Å². The number of amides is 2. The Hall–Kier alpha value is -2.61. The largest absolute Gasteiger partial charge is 0.468 e. The number of hydrogen-bond donors (Lipinski definition) is 2. The molecular weight excluding hydrogens is 329 g/mol. The number of ether oxygens (including phenoxy) is 2. The lowest BCUT2D eigenvalue weighted by Gasteiger charge is -2.35. The second kappa shape index (κ2) is 7.52. The van der Waals surface area contributed by atoms with Crippen molar-refractivity contribution in [1.82, 2.24) is 15.5 Å². The van der Waals surface area contributed by atoms with Gasteiger partial charge in [-0.25, -0.2) is 9.18 Å². The molecule has 0 aromatic heterocycles. The van der Waals surface area contributed by atoms with Crippen LogP contribution in [0.25, 0.3) is 0 Å². The summed E-state index contributed by atoms with van der Waals surface area (Å²) in [6.45, 7) is 2.50. The first-order chi connectivity index (χ1) is 12.1. The van der Waals surface area contributed by atoms with Crippen LogP contribution in [0.3, 0.4) is 0 Å². The number of morpholine rings is 1.